The molecular weight excluding hydrogens is 318 g/mol. The van der Waals surface area contributed by atoms with Crippen molar-refractivity contribution in [3.05, 3.63) is 34.6 Å². The second-order valence-corrected chi connectivity index (χ2v) is 5.33. The number of halogens is 3. The number of ether oxygens (including phenoxy) is 1. The van der Waals surface area contributed by atoms with Crippen LogP contribution in [-0.4, -0.2) is 43.2 Å². The maximum atomic E-state index is 13.8. The predicted octanol–water partition coefficient (Wildman–Crippen LogP) is 2.48. The van der Waals surface area contributed by atoms with E-state index in [1.165, 1.54) is 12.1 Å². The van der Waals surface area contributed by atoms with Crippen LogP contribution in [0.1, 0.15) is 23.2 Å². The van der Waals surface area contributed by atoms with Crippen LogP contribution in [0.5, 0.6) is 0 Å². The van der Waals surface area contributed by atoms with E-state index in [9.17, 15) is 9.18 Å². The second-order valence-electron chi connectivity index (χ2n) is 4.89. The normalized spacial score (nSPS) is 21.8. The Morgan fingerprint density at radius 3 is 2.86 bits per heavy atom. The zero-order chi connectivity index (χ0) is 14.7. The molecule has 0 spiro atoms. The molecule has 1 amide bonds. The van der Waals surface area contributed by atoms with Crippen LogP contribution in [0.3, 0.4) is 0 Å². The van der Waals surface area contributed by atoms with Gasteiger partial charge in [-0.2, -0.15) is 0 Å². The summed E-state index contributed by atoms with van der Waals surface area (Å²) in [5.74, 6) is -0.948. The molecule has 2 atom stereocenters. The monoisotopic (exact) mass is 336 g/mol. The summed E-state index contributed by atoms with van der Waals surface area (Å²) in [4.78, 5) is 14.1. The summed E-state index contributed by atoms with van der Waals surface area (Å²) in [5, 5.41) is 0.271. The number of carbonyl (C=O) groups is 1. The average Bonchev–Trinajstić information content (AvgIpc) is 2.46. The van der Waals surface area contributed by atoms with Crippen LogP contribution < -0.4 is 5.73 Å². The van der Waals surface area contributed by atoms with Crippen molar-refractivity contribution < 1.29 is 13.9 Å². The Morgan fingerprint density at radius 2 is 2.29 bits per heavy atom. The Hall–Kier alpha value is -0.880. The van der Waals surface area contributed by atoms with Crippen molar-refractivity contribution in [3.63, 3.8) is 0 Å². The quantitative estimate of drug-likeness (QED) is 0.922. The molecule has 2 rings (SSSR count). The molecule has 1 heterocycles. The lowest BCUT2D eigenvalue weighted by atomic mass is 9.98. The molecule has 1 aromatic rings. The lowest BCUT2D eigenvalue weighted by Gasteiger charge is -2.38. The summed E-state index contributed by atoms with van der Waals surface area (Å²) in [6.07, 6.45) is 1.50. The number of methoxy groups -OCH3 is 1. The molecule has 2 N–H and O–H groups in total. The summed E-state index contributed by atoms with van der Waals surface area (Å²) >= 11 is 5.70. The van der Waals surface area contributed by atoms with Crippen LogP contribution in [0, 0.1) is 5.82 Å². The molecular formula is C14H19Cl2FN2O2. The largest absolute Gasteiger partial charge is 0.381 e. The molecule has 0 radical (unpaired) electrons. The van der Waals surface area contributed by atoms with Crippen molar-refractivity contribution in [2.75, 3.05) is 20.2 Å². The van der Waals surface area contributed by atoms with E-state index in [-0.39, 0.29) is 41.0 Å². The molecule has 2 unspecified atom stereocenters. The topological polar surface area (TPSA) is 55.6 Å². The second kappa shape index (κ2) is 7.94. The van der Waals surface area contributed by atoms with Crippen LogP contribution in [0.4, 0.5) is 4.39 Å². The number of hydrogen-bond donors (Lipinski definition) is 1. The fraction of sp³-hybridized carbons (Fsp3) is 0.500. The molecule has 0 bridgehead atoms. The van der Waals surface area contributed by atoms with Gasteiger partial charge < -0.3 is 15.4 Å². The van der Waals surface area contributed by atoms with Gasteiger partial charge in [0.15, 0.2) is 0 Å². The van der Waals surface area contributed by atoms with Crippen molar-refractivity contribution in [1.82, 2.24) is 4.90 Å². The Bertz CT molecular complexity index is 502. The third-order valence-corrected chi connectivity index (χ3v) is 3.93. The highest BCUT2D eigenvalue weighted by molar-refractivity contribution is 6.30. The molecule has 1 fully saturated rings. The highest BCUT2D eigenvalue weighted by Crippen LogP contribution is 2.23. The third kappa shape index (κ3) is 4.07. The molecule has 0 aromatic heterocycles. The Balaban J connectivity index is 0.00000220. The SMILES string of the molecule is COC1CCN(C(=O)c2ccc(Cl)cc2F)C(CN)C1.Cl. The molecule has 1 saturated heterocycles. The fourth-order valence-electron chi connectivity index (χ4n) is 2.54. The van der Waals surface area contributed by atoms with Gasteiger partial charge in [-0.15, -0.1) is 12.4 Å². The minimum atomic E-state index is -0.605. The van der Waals surface area contributed by atoms with Gasteiger partial charge in [0.05, 0.1) is 11.7 Å². The first-order chi connectivity index (χ1) is 9.56. The molecule has 1 aliphatic heterocycles. The van der Waals surface area contributed by atoms with E-state index in [1.54, 1.807) is 12.0 Å². The minimum Gasteiger partial charge on any atom is -0.381 e. The number of benzene rings is 1. The van der Waals surface area contributed by atoms with Gasteiger partial charge in [-0.25, -0.2) is 4.39 Å². The number of rotatable bonds is 3. The average molecular weight is 337 g/mol. The highest BCUT2D eigenvalue weighted by Gasteiger charge is 2.32. The van der Waals surface area contributed by atoms with Gasteiger partial charge in [-0.3, -0.25) is 4.79 Å². The van der Waals surface area contributed by atoms with Crippen molar-refractivity contribution in [2.45, 2.75) is 25.0 Å². The first-order valence-electron chi connectivity index (χ1n) is 6.55. The van der Waals surface area contributed by atoms with Gasteiger partial charge in [0.2, 0.25) is 0 Å². The van der Waals surface area contributed by atoms with E-state index in [2.05, 4.69) is 0 Å². The third-order valence-electron chi connectivity index (χ3n) is 3.70. The zero-order valence-corrected chi connectivity index (χ0v) is 13.3. The predicted molar refractivity (Wildman–Crippen MR) is 82.6 cm³/mol. The van der Waals surface area contributed by atoms with E-state index in [1.807, 2.05) is 0 Å². The van der Waals surface area contributed by atoms with Crippen LogP contribution >= 0.6 is 24.0 Å². The van der Waals surface area contributed by atoms with Gasteiger partial charge in [-0.1, -0.05) is 11.6 Å². The van der Waals surface area contributed by atoms with E-state index in [0.29, 0.717) is 19.5 Å². The molecule has 118 valence electrons. The number of amides is 1. The van der Waals surface area contributed by atoms with E-state index >= 15 is 0 Å². The lowest BCUT2D eigenvalue weighted by molar-refractivity contribution is 0.0137. The number of carbonyl (C=O) groups excluding carboxylic acids is 1. The van der Waals surface area contributed by atoms with Crippen molar-refractivity contribution in [1.29, 1.82) is 0 Å². The van der Waals surface area contributed by atoms with Gasteiger partial charge >= 0.3 is 0 Å². The standard InChI is InChI=1S/C14H18ClFN2O2.ClH/c1-20-11-4-5-18(10(7-11)8-17)14(19)12-3-2-9(15)6-13(12)16;/h2-3,6,10-11H,4-5,7-8,17H2,1H3;1H. The van der Waals surface area contributed by atoms with Crippen molar-refractivity contribution in [2.24, 2.45) is 5.73 Å². The van der Waals surface area contributed by atoms with E-state index in [4.69, 9.17) is 22.1 Å². The lowest BCUT2D eigenvalue weighted by Crippen LogP contribution is -2.51. The van der Waals surface area contributed by atoms with E-state index in [0.717, 1.165) is 12.5 Å². The van der Waals surface area contributed by atoms with Gasteiger partial charge in [0, 0.05) is 31.3 Å². The maximum Gasteiger partial charge on any atom is 0.257 e. The number of nitrogens with two attached hydrogens (primary N) is 1. The highest BCUT2D eigenvalue weighted by atomic mass is 35.5. The van der Waals surface area contributed by atoms with Crippen LogP contribution in [-0.2, 0) is 4.74 Å². The summed E-state index contributed by atoms with van der Waals surface area (Å²) in [6, 6.07) is 3.94. The van der Waals surface area contributed by atoms with Crippen molar-refractivity contribution in [3.8, 4) is 0 Å². The Morgan fingerprint density at radius 1 is 1.57 bits per heavy atom. The molecule has 1 aliphatic rings. The molecule has 21 heavy (non-hydrogen) atoms. The Labute approximate surface area is 134 Å². The number of nitrogens with zero attached hydrogens (tertiary/aromatic N) is 1. The first kappa shape index (κ1) is 18.2. The molecule has 4 nitrogen and oxygen atoms in total. The molecule has 0 aliphatic carbocycles. The molecule has 1 aromatic carbocycles. The van der Waals surface area contributed by atoms with E-state index < -0.39 is 5.82 Å². The van der Waals surface area contributed by atoms with Crippen molar-refractivity contribution >= 4 is 29.9 Å². The van der Waals surface area contributed by atoms with Crippen LogP contribution in [0.2, 0.25) is 5.02 Å². The number of piperidine rings is 1. The van der Waals surface area contributed by atoms with Crippen LogP contribution in [0.25, 0.3) is 0 Å². The zero-order valence-electron chi connectivity index (χ0n) is 11.7. The first-order valence-corrected chi connectivity index (χ1v) is 6.93. The molecule has 0 saturated carbocycles. The summed E-state index contributed by atoms with van der Waals surface area (Å²) in [5.41, 5.74) is 5.76. The fourth-order valence-corrected chi connectivity index (χ4v) is 2.70. The number of likely N-dealkylation sites (tertiary alicyclic amines) is 1. The van der Waals surface area contributed by atoms with Crippen LogP contribution in [0.15, 0.2) is 18.2 Å². The van der Waals surface area contributed by atoms with Gasteiger partial charge in [0.25, 0.3) is 5.91 Å². The molecule has 7 heteroatoms. The number of hydrogen-bond acceptors (Lipinski definition) is 3. The summed E-state index contributed by atoms with van der Waals surface area (Å²) in [6.45, 7) is 0.849. The van der Waals surface area contributed by atoms with Gasteiger partial charge in [0.1, 0.15) is 5.82 Å². The smallest absolute Gasteiger partial charge is 0.257 e. The summed E-state index contributed by atoms with van der Waals surface area (Å²) < 4.78 is 19.2. The summed E-state index contributed by atoms with van der Waals surface area (Å²) in [7, 11) is 1.65. The maximum absolute atomic E-state index is 13.8. The minimum absolute atomic E-state index is 0. The Kier molecular flexibility index (Phi) is 6.87. The van der Waals surface area contributed by atoms with Gasteiger partial charge in [-0.05, 0) is 31.0 Å².